The minimum atomic E-state index is -0.0244. The van der Waals surface area contributed by atoms with E-state index in [0.717, 1.165) is 12.0 Å². The summed E-state index contributed by atoms with van der Waals surface area (Å²) < 4.78 is 0. The van der Waals surface area contributed by atoms with E-state index in [1.165, 1.54) is 0 Å². The fourth-order valence-corrected chi connectivity index (χ4v) is 1.32. The molecule has 0 heterocycles. The number of benzene rings is 1. The van der Waals surface area contributed by atoms with Crippen molar-refractivity contribution in [1.82, 2.24) is 0 Å². The zero-order chi connectivity index (χ0) is 8.97. The molecule has 0 aromatic heterocycles. The van der Waals surface area contributed by atoms with Crippen molar-refractivity contribution < 1.29 is 0 Å². The molecule has 62 valence electrons. The van der Waals surface area contributed by atoms with E-state index in [-0.39, 0.29) is 5.92 Å². The molecule has 0 aliphatic heterocycles. The summed E-state index contributed by atoms with van der Waals surface area (Å²) in [5, 5.41) is 9.47. The maximum Gasteiger partial charge on any atom is 0.0710 e. The molecule has 2 heteroatoms. The smallest absolute Gasteiger partial charge is 0.0710 e. The SMILES string of the molecule is CCC(C#N)c1cccc(Cl)c1. The van der Waals surface area contributed by atoms with Gasteiger partial charge in [0.15, 0.2) is 0 Å². The van der Waals surface area contributed by atoms with Crippen molar-refractivity contribution >= 4 is 11.6 Å². The molecule has 1 rings (SSSR count). The Morgan fingerprint density at radius 2 is 2.33 bits per heavy atom. The van der Waals surface area contributed by atoms with Gasteiger partial charge in [-0.25, -0.2) is 0 Å². The van der Waals surface area contributed by atoms with Gasteiger partial charge in [0.2, 0.25) is 0 Å². The molecule has 0 fully saturated rings. The van der Waals surface area contributed by atoms with Crippen molar-refractivity contribution in [3.8, 4) is 6.07 Å². The van der Waals surface area contributed by atoms with Crippen molar-refractivity contribution in [3.63, 3.8) is 0 Å². The minimum absolute atomic E-state index is 0.0244. The highest BCUT2D eigenvalue weighted by atomic mass is 35.5. The first-order valence-corrected chi connectivity index (χ1v) is 4.30. The Hall–Kier alpha value is -1.00. The number of nitrogens with zero attached hydrogens (tertiary/aromatic N) is 1. The summed E-state index contributed by atoms with van der Waals surface area (Å²) in [6, 6.07) is 9.70. The molecule has 0 aliphatic rings. The first-order valence-electron chi connectivity index (χ1n) is 3.93. The van der Waals surface area contributed by atoms with Gasteiger partial charge >= 0.3 is 0 Å². The fraction of sp³-hybridized carbons (Fsp3) is 0.300. The van der Waals surface area contributed by atoms with Crippen LogP contribution >= 0.6 is 11.6 Å². The Morgan fingerprint density at radius 3 is 2.83 bits per heavy atom. The van der Waals surface area contributed by atoms with Gasteiger partial charge < -0.3 is 0 Å². The Morgan fingerprint density at radius 1 is 1.58 bits per heavy atom. The second-order valence-electron chi connectivity index (χ2n) is 2.64. The summed E-state index contributed by atoms with van der Waals surface area (Å²) in [5.41, 5.74) is 1.01. The molecular weight excluding hydrogens is 170 g/mol. The third-order valence-corrected chi connectivity index (χ3v) is 2.05. The zero-order valence-corrected chi connectivity index (χ0v) is 7.67. The quantitative estimate of drug-likeness (QED) is 0.683. The van der Waals surface area contributed by atoms with Gasteiger partial charge in [-0.3, -0.25) is 0 Å². The lowest BCUT2D eigenvalue weighted by Gasteiger charge is -2.05. The molecule has 1 aromatic rings. The maximum atomic E-state index is 8.78. The minimum Gasteiger partial charge on any atom is -0.198 e. The summed E-state index contributed by atoms with van der Waals surface area (Å²) in [7, 11) is 0. The molecule has 1 aromatic carbocycles. The first-order chi connectivity index (χ1) is 5.77. The van der Waals surface area contributed by atoms with Gasteiger partial charge in [-0.05, 0) is 24.1 Å². The molecule has 0 bridgehead atoms. The molecule has 0 radical (unpaired) electrons. The van der Waals surface area contributed by atoms with Crippen LogP contribution in [0.1, 0.15) is 24.8 Å². The molecule has 0 saturated carbocycles. The van der Waals surface area contributed by atoms with Crippen LogP contribution in [-0.4, -0.2) is 0 Å². The van der Waals surface area contributed by atoms with Crippen LogP contribution in [0.5, 0.6) is 0 Å². The molecule has 0 saturated heterocycles. The maximum absolute atomic E-state index is 8.78. The van der Waals surface area contributed by atoms with Crippen LogP contribution in [-0.2, 0) is 0 Å². The normalized spacial score (nSPS) is 12.1. The van der Waals surface area contributed by atoms with Gasteiger partial charge in [0.1, 0.15) is 0 Å². The molecule has 1 nitrogen and oxygen atoms in total. The standard InChI is InChI=1S/C10H10ClN/c1-2-8(7-12)9-4-3-5-10(11)6-9/h3-6,8H,2H2,1H3. The van der Waals surface area contributed by atoms with Crippen molar-refractivity contribution in [3.05, 3.63) is 34.9 Å². The van der Waals surface area contributed by atoms with Gasteiger partial charge in [0, 0.05) is 5.02 Å². The van der Waals surface area contributed by atoms with E-state index >= 15 is 0 Å². The summed E-state index contributed by atoms with van der Waals surface area (Å²) in [5.74, 6) is -0.0244. The van der Waals surface area contributed by atoms with Crippen molar-refractivity contribution in [1.29, 1.82) is 5.26 Å². The van der Waals surface area contributed by atoms with Crippen LogP contribution in [0, 0.1) is 11.3 Å². The van der Waals surface area contributed by atoms with E-state index < -0.39 is 0 Å². The summed E-state index contributed by atoms with van der Waals surface area (Å²) in [4.78, 5) is 0. The highest BCUT2D eigenvalue weighted by Crippen LogP contribution is 2.21. The van der Waals surface area contributed by atoms with E-state index in [9.17, 15) is 0 Å². The van der Waals surface area contributed by atoms with Crippen LogP contribution in [0.2, 0.25) is 5.02 Å². The number of nitriles is 1. The number of hydrogen-bond donors (Lipinski definition) is 0. The monoisotopic (exact) mass is 179 g/mol. The van der Waals surface area contributed by atoms with Crippen molar-refractivity contribution in [2.75, 3.05) is 0 Å². The molecule has 1 atom stereocenters. The average molecular weight is 180 g/mol. The predicted molar refractivity (Wildman–Crippen MR) is 50.1 cm³/mol. The lowest BCUT2D eigenvalue weighted by Crippen LogP contribution is -1.92. The van der Waals surface area contributed by atoms with E-state index in [1.807, 2.05) is 31.2 Å². The van der Waals surface area contributed by atoms with Gasteiger partial charge in [-0.1, -0.05) is 30.7 Å². The fourth-order valence-electron chi connectivity index (χ4n) is 1.12. The van der Waals surface area contributed by atoms with Crippen LogP contribution in [0.15, 0.2) is 24.3 Å². The highest BCUT2D eigenvalue weighted by Gasteiger charge is 2.06. The third kappa shape index (κ3) is 1.99. The number of hydrogen-bond acceptors (Lipinski definition) is 1. The molecular formula is C10H10ClN. The molecule has 0 N–H and O–H groups in total. The van der Waals surface area contributed by atoms with Crippen molar-refractivity contribution in [2.45, 2.75) is 19.3 Å². The zero-order valence-electron chi connectivity index (χ0n) is 6.92. The van der Waals surface area contributed by atoms with E-state index in [4.69, 9.17) is 16.9 Å². The predicted octanol–water partition coefficient (Wildman–Crippen LogP) is 3.36. The average Bonchev–Trinajstić information content (AvgIpc) is 2.07. The van der Waals surface area contributed by atoms with Gasteiger partial charge in [-0.2, -0.15) is 5.26 Å². The van der Waals surface area contributed by atoms with Crippen LogP contribution in [0.3, 0.4) is 0 Å². The van der Waals surface area contributed by atoms with Crippen LogP contribution < -0.4 is 0 Å². The Balaban J connectivity index is 2.95. The number of halogens is 1. The molecule has 0 spiro atoms. The molecule has 1 unspecified atom stereocenters. The van der Waals surface area contributed by atoms with Gasteiger partial charge in [0.25, 0.3) is 0 Å². The van der Waals surface area contributed by atoms with Gasteiger partial charge in [0.05, 0.1) is 12.0 Å². The van der Waals surface area contributed by atoms with Crippen LogP contribution in [0.4, 0.5) is 0 Å². The first kappa shape index (κ1) is 9.09. The number of rotatable bonds is 2. The topological polar surface area (TPSA) is 23.8 Å². The van der Waals surface area contributed by atoms with E-state index in [2.05, 4.69) is 6.07 Å². The lowest BCUT2D eigenvalue weighted by molar-refractivity contribution is 0.818. The Bertz CT molecular complexity index is 301. The lowest BCUT2D eigenvalue weighted by atomic mass is 9.98. The summed E-state index contributed by atoms with van der Waals surface area (Å²) in [6.07, 6.45) is 0.830. The van der Waals surface area contributed by atoms with Crippen molar-refractivity contribution in [2.24, 2.45) is 0 Å². The summed E-state index contributed by atoms with van der Waals surface area (Å²) in [6.45, 7) is 1.99. The third-order valence-electron chi connectivity index (χ3n) is 1.82. The van der Waals surface area contributed by atoms with Gasteiger partial charge in [-0.15, -0.1) is 0 Å². The molecule has 12 heavy (non-hydrogen) atoms. The second-order valence-corrected chi connectivity index (χ2v) is 3.08. The molecule has 0 aliphatic carbocycles. The van der Waals surface area contributed by atoms with E-state index in [1.54, 1.807) is 0 Å². The Kier molecular flexibility index (Phi) is 3.13. The van der Waals surface area contributed by atoms with Crippen LogP contribution in [0.25, 0.3) is 0 Å². The largest absolute Gasteiger partial charge is 0.198 e. The Labute approximate surface area is 77.6 Å². The second kappa shape index (κ2) is 4.13. The highest BCUT2D eigenvalue weighted by molar-refractivity contribution is 6.30. The van der Waals surface area contributed by atoms with E-state index in [0.29, 0.717) is 5.02 Å². The molecule has 0 amide bonds. The summed E-state index contributed by atoms with van der Waals surface area (Å²) >= 11 is 5.79.